The van der Waals surface area contributed by atoms with Crippen LogP contribution in [-0.2, 0) is 0 Å². The van der Waals surface area contributed by atoms with Gasteiger partial charge in [0.25, 0.3) is 0 Å². The van der Waals surface area contributed by atoms with Gasteiger partial charge in [-0.05, 0) is 60.9 Å². The van der Waals surface area contributed by atoms with Crippen molar-refractivity contribution in [3.63, 3.8) is 0 Å². The van der Waals surface area contributed by atoms with Gasteiger partial charge >= 0.3 is 5.63 Å². The quantitative estimate of drug-likeness (QED) is 0.466. The largest absolute Gasteiger partial charge is 0.493 e. The van der Waals surface area contributed by atoms with E-state index in [0.29, 0.717) is 40.6 Å². The third kappa shape index (κ3) is 3.67. The Morgan fingerprint density at radius 3 is 2.48 bits per heavy atom. The van der Waals surface area contributed by atoms with Crippen molar-refractivity contribution in [3.8, 4) is 28.4 Å². The Kier molecular flexibility index (Phi) is 5.21. The lowest BCUT2D eigenvalue weighted by Gasteiger charge is -2.12. The minimum Gasteiger partial charge on any atom is -0.493 e. The van der Waals surface area contributed by atoms with Crippen molar-refractivity contribution in [1.82, 2.24) is 0 Å². The highest BCUT2D eigenvalue weighted by Gasteiger charge is 2.16. The molecule has 3 rings (SSSR count). The predicted octanol–water partition coefficient (Wildman–Crippen LogP) is 4.74. The lowest BCUT2D eigenvalue weighted by Crippen LogP contribution is -2.06. The van der Waals surface area contributed by atoms with Crippen molar-refractivity contribution < 1.29 is 18.6 Å². The van der Waals surface area contributed by atoms with Gasteiger partial charge in [0.15, 0.2) is 11.5 Å². The highest BCUT2D eigenvalue weighted by Crippen LogP contribution is 2.34. The number of benzene rings is 2. The van der Waals surface area contributed by atoms with Gasteiger partial charge in [-0.15, -0.1) is 0 Å². The van der Waals surface area contributed by atoms with Gasteiger partial charge in [-0.2, -0.15) is 0 Å². The molecule has 1 heterocycles. The van der Waals surface area contributed by atoms with Crippen molar-refractivity contribution in [1.29, 1.82) is 0 Å². The Bertz CT molecular complexity index is 1060. The zero-order chi connectivity index (χ0) is 19.6. The van der Waals surface area contributed by atoms with E-state index in [1.165, 1.54) is 0 Å². The molecule has 5 nitrogen and oxygen atoms in total. The number of hydrogen-bond acceptors (Lipinski definition) is 5. The summed E-state index contributed by atoms with van der Waals surface area (Å²) in [6.07, 6.45) is 0. The molecule has 3 aromatic rings. The minimum atomic E-state index is -0.400. The van der Waals surface area contributed by atoms with E-state index in [9.17, 15) is 4.79 Å². The summed E-state index contributed by atoms with van der Waals surface area (Å²) in [5.74, 6) is 1.84. The second kappa shape index (κ2) is 7.58. The van der Waals surface area contributed by atoms with E-state index in [0.717, 1.165) is 16.5 Å². The summed E-state index contributed by atoms with van der Waals surface area (Å²) in [7, 11) is 3.13. The lowest BCUT2D eigenvalue weighted by molar-refractivity contribution is 0.353. The van der Waals surface area contributed by atoms with Crippen LogP contribution in [0.2, 0.25) is 0 Å². The predicted molar refractivity (Wildman–Crippen MR) is 106 cm³/mol. The molecule has 0 amide bonds. The summed E-state index contributed by atoms with van der Waals surface area (Å²) in [6, 6.07) is 10.8. The topological polar surface area (TPSA) is 57.9 Å². The third-order valence-corrected chi connectivity index (χ3v) is 4.29. The van der Waals surface area contributed by atoms with E-state index in [4.69, 9.17) is 18.6 Å². The monoisotopic (exact) mass is 366 g/mol. The molecule has 0 radical (unpaired) electrons. The Balaban J connectivity index is 2.15. The Morgan fingerprint density at radius 2 is 1.81 bits per heavy atom. The average Bonchev–Trinajstić information content (AvgIpc) is 2.66. The summed E-state index contributed by atoms with van der Waals surface area (Å²) < 4.78 is 21.9. The highest BCUT2D eigenvalue weighted by molar-refractivity contribution is 5.88. The summed E-state index contributed by atoms with van der Waals surface area (Å²) in [5.41, 5.74) is 3.05. The van der Waals surface area contributed by atoms with Crippen LogP contribution in [0.15, 0.2) is 57.8 Å². The van der Waals surface area contributed by atoms with Crippen LogP contribution in [0.1, 0.15) is 12.5 Å². The van der Waals surface area contributed by atoms with E-state index in [-0.39, 0.29) is 0 Å². The number of ether oxygens (including phenoxy) is 3. The van der Waals surface area contributed by atoms with Crippen molar-refractivity contribution in [3.05, 3.63) is 64.5 Å². The zero-order valence-corrected chi connectivity index (χ0v) is 15.9. The first-order valence-electron chi connectivity index (χ1n) is 8.51. The standard InChI is InChI=1S/C22H22O5/c1-13(2)12-26-16-7-9-18-17(11-16)14(3)21(22(23)27-18)15-6-8-19(24-4)20(10-15)25-5/h6-11H,1,12H2,2-5H3. The number of hydrogen-bond donors (Lipinski definition) is 0. The van der Waals surface area contributed by atoms with Gasteiger partial charge in [0.2, 0.25) is 0 Å². The maximum atomic E-state index is 12.6. The number of fused-ring (bicyclic) bond motifs is 1. The second-order valence-electron chi connectivity index (χ2n) is 6.36. The van der Waals surface area contributed by atoms with Gasteiger partial charge < -0.3 is 18.6 Å². The van der Waals surface area contributed by atoms with Crippen LogP contribution in [0.4, 0.5) is 0 Å². The highest BCUT2D eigenvalue weighted by atomic mass is 16.5. The van der Waals surface area contributed by atoms with Crippen LogP contribution in [0.25, 0.3) is 22.1 Å². The first kappa shape index (κ1) is 18.6. The summed E-state index contributed by atoms with van der Waals surface area (Å²) in [5, 5.41) is 0.818. The maximum Gasteiger partial charge on any atom is 0.344 e. The fourth-order valence-electron chi connectivity index (χ4n) is 2.95. The summed E-state index contributed by atoms with van der Waals surface area (Å²) in [6.45, 7) is 8.07. The second-order valence-corrected chi connectivity index (χ2v) is 6.36. The van der Waals surface area contributed by atoms with Crippen molar-refractivity contribution >= 4 is 11.0 Å². The molecule has 1 aromatic heterocycles. The number of rotatable bonds is 6. The number of methoxy groups -OCH3 is 2. The van der Waals surface area contributed by atoms with Crippen LogP contribution in [0, 0.1) is 6.92 Å². The van der Waals surface area contributed by atoms with E-state index in [1.54, 1.807) is 38.5 Å². The van der Waals surface area contributed by atoms with Crippen LogP contribution in [0.5, 0.6) is 17.2 Å². The van der Waals surface area contributed by atoms with Crippen molar-refractivity contribution in [2.45, 2.75) is 13.8 Å². The molecule has 0 bridgehead atoms. The Labute approximate surface area is 157 Å². The van der Waals surface area contributed by atoms with Gasteiger partial charge in [-0.1, -0.05) is 12.6 Å². The molecule has 0 atom stereocenters. The zero-order valence-electron chi connectivity index (χ0n) is 15.9. The van der Waals surface area contributed by atoms with Gasteiger partial charge in [-0.3, -0.25) is 0 Å². The fourth-order valence-corrected chi connectivity index (χ4v) is 2.95. The molecule has 2 aromatic carbocycles. The molecule has 140 valence electrons. The molecule has 27 heavy (non-hydrogen) atoms. The molecule has 0 saturated carbocycles. The Morgan fingerprint density at radius 1 is 1.07 bits per heavy atom. The van der Waals surface area contributed by atoms with E-state index in [2.05, 4.69) is 6.58 Å². The molecule has 0 spiro atoms. The van der Waals surface area contributed by atoms with Crippen molar-refractivity contribution in [2.24, 2.45) is 0 Å². The first-order chi connectivity index (χ1) is 12.9. The fraction of sp³-hybridized carbons (Fsp3) is 0.227. The smallest absolute Gasteiger partial charge is 0.344 e. The van der Waals surface area contributed by atoms with Gasteiger partial charge in [0, 0.05) is 5.39 Å². The molecule has 0 N–H and O–H groups in total. The van der Waals surface area contributed by atoms with Crippen LogP contribution >= 0.6 is 0 Å². The molecule has 0 aliphatic carbocycles. The van der Waals surface area contributed by atoms with E-state index in [1.807, 2.05) is 26.0 Å². The molecule has 5 heteroatoms. The molecule has 0 aliphatic rings. The van der Waals surface area contributed by atoms with Crippen molar-refractivity contribution in [2.75, 3.05) is 20.8 Å². The van der Waals surface area contributed by atoms with Crippen LogP contribution in [0.3, 0.4) is 0 Å². The average molecular weight is 366 g/mol. The SMILES string of the molecule is C=C(C)COc1ccc2oc(=O)c(-c3ccc(OC)c(OC)c3)c(C)c2c1. The Hall–Kier alpha value is -3.21. The van der Waals surface area contributed by atoms with Crippen LogP contribution in [-0.4, -0.2) is 20.8 Å². The minimum absolute atomic E-state index is 0.400. The molecule has 0 fully saturated rings. The molecule has 0 aliphatic heterocycles. The number of aryl methyl sites for hydroxylation is 1. The summed E-state index contributed by atoms with van der Waals surface area (Å²) >= 11 is 0. The lowest BCUT2D eigenvalue weighted by atomic mass is 9.99. The van der Waals surface area contributed by atoms with E-state index < -0.39 is 5.63 Å². The maximum absolute atomic E-state index is 12.6. The summed E-state index contributed by atoms with van der Waals surface area (Å²) in [4.78, 5) is 12.6. The van der Waals surface area contributed by atoms with Crippen LogP contribution < -0.4 is 19.8 Å². The first-order valence-corrected chi connectivity index (χ1v) is 8.51. The molecule has 0 unspecified atom stereocenters. The molecular formula is C22H22O5. The normalized spacial score (nSPS) is 10.7. The van der Waals surface area contributed by atoms with Gasteiger partial charge in [-0.25, -0.2) is 4.79 Å². The third-order valence-electron chi connectivity index (χ3n) is 4.29. The van der Waals surface area contributed by atoms with E-state index >= 15 is 0 Å². The molecular weight excluding hydrogens is 344 g/mol. The van der Waals surface area contributed by atoms with Gasteiger partial charge in [0.05, 0.1) is 19.8 Å². The van der Waals surface area contributed by atoms with Gasteiger partial charge in [0.1, 0.15) is 17.9 Å². The molecule has 0 saturated heterocycles.